The fraction of sp³-hybridized carbons (Fsp3) is 0.375. The largest absolute Gasteiger partial charge is 0.295 e. The van der Waals surface area contributed by atoms with Crippen LogP contribution >= 0.6 is 0 Å². The van der Waals surface area contributed by atoms with Gasteiger partial charge in [0.2, 0.25) is 0 Å². The van der Waals surface area contributed by atoms with Gasteiger partial charge in [-0.1, -0.05) is 64.1 Å². The third-order valence-electron chi connectivity index (χ3n) is 5.88. The molecule has 0 aliphatic carbocycles. The molecule has 0 saturated carbocycles. The van der Waals surface area contributed by atoms with E-state index in [1.807, 2.05) is 0 Å². The van der Waals surface area contributed by atoms with E-state index in [9.17, 15) is 0 Å². The van der Waals surface area contributed by atoms with E-state index in [0.29, 0.717) is 11.8 Å². The monoisotopic (exact) mass is 345 g/mol. The van der Waals surface area contributed by atoms with Crippen molar-refractivity contribution in [3.63, 3.8) is 0 Å². The third kappa shape index (κ3) is 2.35. The molecule has 2 nitrogen and oxygen atoms in total. The lowest BCUT2D eigenvalue weighted by molar-refractivity contribution is -0.677. The van der Waals surface area contributed by atoms with E-state index in [0.717, 1.165) is 6.54 Å². The van der Waals surface area contributed by atoms with E-state index in [1.165, 1.54) is 45.2 Å². The van der Waals surface area contributed by atoms with Crippen LogP contribution in [0.1, 0.15) is 67.6 Å². The Morgan fingerprint density at radius 2 is 1.46 bits per heavy atom. The molecule has 0 saturated heterocycles. The Balaban J connectivity index is 2.11. The van der Waals surface area contributed by atoms with Crippen LogP contribution in [0, 0.1) is 13.8 Å². The summed E-state index contributed by atoms with van der Waals surface area (Å²) in [5, 5.41) is 0. The fourth-order valence-corrected chi connectivity index (χ4v) is 4.35. The zero-order chi connectivity index (χ0) is 18.6. The van der Waals surface area contributed by atoms with Crippen LogP contribution in [0.4, 0.5) is 0 Å². The van der Waals surface area contributed by atoms with Gasteiger partial charge in [-0.15, -0.1) is 0 Å². The Labute approximate surface area is 157 Å². The third-order valence-corrected chi connectivity index (χ3v) is 5.88. The van der Waals surface area contributed by atoms with Crippen molar-refractivity contribution in [3.8, 4) is 17.1 Å². The quantitative estimate of drug-likeness (QED) is 0.424. The highest BCUT2D eigenvalue weighted by Crippen LogP contribution is 2.37. The number of nitrogens with zero attached hydrogens (tertiary/aromatic N) is 2. The second-order valence-electron chi connectivity index (χ2n) is 8.17. The number of para-hydroxylation sites is 1. The predicted molar refractivity (Wildman–Crippen MR) is 108 cm³/mol. The molecule has 2 heteroatoms. The minimum atomic E-state index is 0.489. The van der Waals surface area contributed by atoms with Crippen molar-refractivity contribution in [1.29, 1.82) is 0 Å². The molecule has 0 unspecified atom stereocenters. The molecule has 26 heavy (non-hydrogen) atoms. The number of fused-ring (bicyclic) bond motifs is 3. The molecule has 2 heterocycles. The molecule has 0 spiro atoms. The topological polar surface area (TPSA) is 8.81 Å². The Hall–Kier alpha value is -2.35. The van der Waals surface area contributed by atoms with E-state index in [2.05, 4.69) is 93.1 Å². The normalized spacial score (nSPS) is 12.8. The summed E-state index contributed by atoms with van der Waals surface area (Å²) in [5.41, 5.74) is 9.77. The summed E-state index contributed by atoms with van der Waals surface area (Å²) in [4.78, 5) is 0. The molecule has 3 aromatic rings. The summed E-state index contributed by atoms with van der Waals surface area (Å²) < 4.78 is 5.02. The van der Waals surface area contributed by atoms with E-state index in [1.54, 1.807) is 0 Å². The van der Waals surface area contributed by atoms with Crippen molar-refractivity contribution < 1.29 is 4.57 Å². The lowest BCUT2D eigenvalue weighted by atomic mass is 9.92. The molecule has 0 N–H and O–H groups in total. The van der Waals surface area contributed by atoms with Crippen molar-refractivity contribution in [2.45, 2.75) is 59.9 Å². The summed E-state index contributed by atoms with van der Waals surface area (Å²) in [6, 6.07) is 15.7. The first-order valence-electron chi connectivity index (χ1n) is 9.75. The number of imidazole rings is 1. The van der Waals surface area contributed by atoms with Crippen molar-refractivity contribution in [1.82, 2.24) is 4.57 Å². The SMILES string of the molecule is Cc1c(C)[n+]2c(n1-c1c(C(C)C)cccc1C(C)C)-c1ccccc1C2. The van der Waals surface area contributed by atoms with E-state index in [4.69, 9.17) is 0 Å². The van der Waals surface area contributed by atoms with Gasteiger partial charge in [-0.2, -0.15) is 4.57 Å². The van der Waals surface area contributed by atoms with Crippen LogP contribution in [0.2, 0.25) is 0 Å². The first-order chi connectivity index (χ1) is 12.4. The molecular weight excluding hydrogens is 316 g/mol. The lowest BCUT2D eigenvalue weighted by Gasteiger charge is -2.18. The Kier molecular flexibility index (Phi) is 4.02. The lowest BCUT2D eigenvalue weighted by Crippen LogP contribution is -2.33. The maximum absolute atomic E-state index is 2.53. The van der Waals surface area contributed by atoms with Crippen molar-refractivity contribution >= 4 is 0 Å². The maximum atomic E-state index is 2.53. The van der Waals surface area contributed by atoms with Gasteiger partial charge in [0.15, 0.2) is 0 Å². The smallest absolute Gasteiger partial charge is 0.223 e. The zero-order valence-electron chi connectivity index (χ0n) is 16.8. The van der Waals surface area contributed by atoms with Crippen molar-refractivity contribution in [3.05, 3.63) is 70.5 Å². The second kappa shape index (κ2) is 6.12. The Morgan fingerprint density at radius 1 is 0.846 bits per heavy atom. The highest BCUT2D eigenvalue weighted by Gasteiger charge is 2.36. The van der Waals surface area contributed by atoms with Gasteiger partial charge in [0.1, 0.15) is 23.6 Å². The molecule has 0 radical (unpaired) electrons. The van der Waals surface area contributed by atoms with Gasteiger partial charge in [0, 0.05) is 30.5 Å². The zero-order valence-corrected chi connectivity index (χ0v) is 16.8. The van der Waals surface area contributed by atoms with Crippen molar-refractivity contribution in [2.24, 2.45) is 0 Å². The molecule has 0 atom stereocenters. The summed E-state index contributed by atoms with van der Waals surface area (Å²) in [5.74, 6) is 2.32. The molecule has 4 rings (SSSR count). The van der Waals surface area contributed by atoms with E-state index < -0.39 is 0 Å². The maximum Gasteiger partial charge on any atom is 0.295 e. The van der Waals surface area contributed by atoms with Gasteiger partial charge >= 0.3 is 0 Å². The first-order valence-corrected chi connectivity index (χ1v) is 9.75. The summed E-state index contributed by atoms with van der Waals surface area (Å²) in [6.45, 7) is 14.7. The molecular formula is C24H29N2+. The number of hydrogen-bond donors (Lipinski definition) is 0. The highest BCUT2D eigenvalue weighted by molar-refractivity contribution is 5.66. The van der Waals surface area contributed by atoms with E-state index >= 15 is 0 Å². The van der Waals surface area contributed by atoms with Crippen LogP contribution < -0.4 is 4.57 Å². The summed E-state index contributed by atoms with van der Waals surface area (Å²) >= 11 is 0. The number of aromatic nitrogens is 2. The second-order valence-corrected chi connectivity index (χ2v) is 8.17. The Bertz CT molecular complexity index is 963. The standard InChI is InChI=1S/C24H29N2/c1-15(2)20-12-9-13-21(16(3)4)23(20)26-18(6)17(5)25-14-19-10-7-8-11-22(19)24(25)26/h7-13,15-16H,14H2,1-6H3/q+1. The van der Waals surface area contributed by atoms with Crippen molar-refractivity contribution in [2.75, 3.05) is 0 Å². The number of rotatable bonds is 3. The van der Waals surface area contributed by atoms with Crippen LogP contribution in [0.5, 0.6) is 0 Å². The van der Waals surface area contributed by atoms with Crippen LogP contribution in [0.25, 0.3) is 17.1 Å². The Morgan fingerprint density at radius 3 is 2.08 bits per heavy atom. The van der Waals surface area contributed by atoms with Gasteiger partial charge in [-0.05, 0) is 17.9 Å². The van der Waals surface area contributed by atoms with Gasteiger partial charge in [0.05, 0.1) is 5.56 Å². The predicted octanol–water partition coefficient (Wildman–Crippen LogP) is 5.66. The van der Waals surface area contributed by atoms with Gasteiger partial charge < -0.3 is 0 Å². The minimum Gasteiger partial charge on any atom is -0.223 e. The molecule has 1 aliphatic heterocycles. The van der Waals surface area contributed by atoms with Gasteiger partial charge in [0.25, 0.3) is 5.82 Å². The molecule has 1 aromatic heterocycles. The molecule has 2 aromatic carbocycles. The first kappa shape index (κ1) is 17.1. The highest BCUT2D eigenvalue weighted by atomic mass is 15.2. The average molecular weight is 346 g/mol. The summed E-state index contributed by atoms with van der Waals surface area (Å²) in [7, 11) is 0. The van der Waals surface area contributed by atoms with E-state index in [-0.39, 0.29) is 0 Å². The number of hydrogen-bond acceptors (Lipinski definition) is 0. The van der Waals surface area contributed by atoms with Crippen LogP contribution in [-0.2, 0) is 6.54 Å². The minimum absolute atomic E-state index is 0.489. The van der Waals surface area contributed by atoms with Crippen LogP contribution in [0.3, 0.4) is 0 Å². The fourth-order valence-electron chi connectivity index (χ4n) is 4.35. The van der Waals surface area contributed by atoms with Gasteiger partial charge in [-0.25, -0.2) is 4.57 Å². The molecule has 1 aliphatic rings. The summed E-state index contributed by atoms with van der Waals surface area (Å²) in [6.07, 6.45) is 0. The van der Waals surface area contributed by atoms with Crippen LogP contribution in [0.15, 0.2) is 42.5 Å². The van der Waals surface area contributed by atoms with Gasteiger partial charge in [-0.3, -0.25) is 0 Å². The molecule has 0 amide bonds. The molecule has 134 valence electrons. The molecule has 0 bridgehead atoms. The average Bonchev–Trinajstić information content (AvgIpc) is 3.10. The molecule has 0 fully saturated rings. The van der Waals surface area contributed by atoms with Crippen LogP contribution in [-0.4, -0.2) is 4.57 Å². The number of benzene rings is 2.